The summed E-state index contributed by atoms with van der Waals surface area (Å²) in [5.74, 6) is 1.87. The number of ether oxygens (including phenoxy) is 2. The Bertz CT molecular complexity index is 868. The fourth-order valence-corrected chi connectivity index (χ4v) is 4.56. The van der Waals surface area contributed by atoms with Gasteiger partial charge in [0.25, 0.3) is 0 Å². The van der Waals surface area contributed by atoms with E-state index in [4.69, 9.17) is 9.47 Å². The van der Waals surface area contributed by atoms with E-state index in [0.29, 0.717) is 0 Å². The van der Waals surface area contributed by atoms with Gasteiger partial charge in [-0.15, -0.1) is 0 Å². The van der Waals surface area contributed by atoms with Gasteiger partial charge in [0.05, 0.1) is 0 Å². The zero-order chi connectivity index (χ0) is 26.4. The zero-order valence-corrected chi connectivity index (χ0v) is 25.4. The standard InChI is InChI=1S/C31H47O2.Al/c1-20-15-22(28(3,4)5)26(23(16-20)29(6,7)8)32-19-33-27-24(30(9,10)11)17-21(2)18-25(27)31(12,13)14;/h15-19H,1-14H3;/q;+2. The van der Waals surface area contributed by atoms with Gasteiger partial charge in [-0.2, -0.15) is 0 Å². The topological polar surface area (TPSA) is 18.5 Å². The van der Waals surface area contributed by atoms with Crippen LogP contribution in [0, 0.1) is 13.8 Å². The van der Waals surface area contributed by atoms with Gasteiger partial charge in [-0.3, -0.25) is 0 Å². The average Bonchev–Trinajstić information content (AvgIpc) is 2.60. The zero-order valence-electron chi connectivity index (χ0n) is 24.3. The number of rotatable bonds is 4. The van der Waals surface area contributed by atoms with E-state index in [1.165, 1.54) is 33.4 Å². The van der Waals surface area contributed by atoms with Gasteiger partial charge in [-0.05, 0) is 0 Å². The molecule has 2 nitrogen and oxygen atoms in total. The Labute approximate surface area is 218 Å². The molecule has 0 amide bonds. The monoisotopic (exact) mass is 478 g/mol. The van der Waals surface area contributed by atoms with E-state index in [1.54, 1.807) is 0 Å². The van der Waals surface area contributed by atoms with Gasteiger partial charge in [-0.25, -0.2) is 0 Å². The summed E-state index contributed by atoms with van der Waals surface area (Å²) in [6.07, 6.45) is 0. The normalized spacial score (nSPS) is 13.4. The van der Waals surface area contributed by atoms with Crippen molar-refractivity contribution in [3.8, 4) is 11.5 Å². The van der Waals surface area contributed by atoms with Crippen LogP contribution in [-0.4, -0.2) is 21.4 Å². The summed E-state index contributed by atoms with van der Waals surface area (Å²) in [6, 6.07) is 9.04. The second-order valence-electron chi connectivity index (χ2n) is 14.0. The first-order valence-electron chi connectivity index (χ1n) is 12.5. The fourth-order valence-electron chi connectivity index (χ4n) is 4.29. The average molecular weight is 479 g/mol. The minimum absolute atomic E-state index is 0.0528. The van der Waals surface area contributed by atoms with Crippen molar-refractivity contribution in [3.05, 3.63) is 57.6 Å². The van der Waals surface area contributed by atoms with E-state index in [1.807, 2.05) is 0 Å². The molecule has 0 saturated carbocycles. The molecule has 0 N–H and O–H groups in total. The Kier molecular flexibility index (Phi) is 8.10. The molecule has 2 rings (SSSR count). The van der Waals surface area contributed by atoms with Crippen molar-refractivity contribution in [2.75, 3.05) is 0 Å². The van der Waals surface area contributed by atoms with Crippen LogP contribution in [0.4, 0.5) is 0 Å². The van der Waals surface area contributed by atoms with Gasteiger partial charge in [0, 0.05) is 0 Å². The molecule has 0 aliphatic rings. The number of aryl methyl sites for hydroxylation is 2. The van der Waals surface area contributed by atoms with Crippen molar-refractivity contribution in [2.45, 2.75) is 124 Å². The minimum atomic E-state index is -0.519. The number of hydrogen-bond acceptors (Lipinski definition) is 2. The predicted molar refractivity (Wildman–Crippen MR) is 148 cm³/mol. The molecule has 0 spiro atoms. The summed E-state index contributed by atoms with van der Waals surface area (Å²) in [5, 5.41) is -0.519. The molecule has 0 heterocycles. The van der Waals surface area contributed by atoms with Crippen molar-refractivity contribution in [1.82, 2.24) is 0 Å². The van der Waals surface area contributed by atoms with Crippen molar-refractivity contribution >= 4 is 16.3 Å². The third-order valence-electron chi connectivity index (χ3n) is 6.17. The van der Waals surface area contributed by atoms with Crippen LogP contribution in [-0.2, 0) is 21.7 Å². The maximum absolute atomic E-state index is 6.69. The van der Waals surface area contributed by atoms with Crippen LogP contribution < -0.4 is 9.47 Å². The quantitative estimate of drug-likeness (QED) is 0.324. The molecular formula is C31H47AlO2+2. The van der Waals surface area contributed by atoms with Gasteiger partial charge < -0.3 is 0 Å². The van der Waals surface area contributed by atoms with Gasteiger partial charge in [0.1, 0.15) is 0 Å². The third-order valence-corrected chi connectivity index (χ3v) is 6.44. The van der Waals surface area contributed by atoms with Gasteiger partial charge in [-0.1, -0.05) is 0 Å². The van der Waals surface area contributed by atoms with E-state index in [9.17, 15) is 0 Å². The Morgan fingerprint density at radius 2 is 0.706 bits per heavy atom. The van der Waals surface area contributed by atoms with Crippen LogP contribution in [0.1, 0.15) is 116 Å². The fraction of sp³-hybridized carbons (Fsp3) is 0.613. The van der Waals surface area contributed by atoms with Gasteiger partial charge in [0.2, 0.25) is 0 Å². The van der Waals surface area contributed by atoms with E-state index < -0.39 is 5.15 Å². The van der Waals surface area contributed by atoms with Crippen molar-refractivity contribution < 1.29 is 9.47 Å². The molecule has 184 valence electrons. The first kappa shape index (κ1) is 28.8. The first-order chi connectivity index (χ1) is 15.1. The predicted octanol–water partition coefficient (Wildman–Crippen LogP) is 8.40. The van der Waals surface area contributed by atoms with Crippen LogP contribution >= 0.6 is 0 Å². The molecule has 34 heavy (non-hydrogen) atoms. The summed E-state index contributed by atoms with van der Waals surface area (Å²) in [5.41, 5.74) is 7.15. The Balaban J connectivity index is 2.65. The molecule has 0 saturated heterocycles. The van der Waals surface area contributed by atoms with Crippen LogP contribution in [0.25, 0.3) is 0 Å². The van der Waals surface area contributed by atoms with Crippen LogP contribution in [0.5, 0.6) is 11.5 Å². The summed E-state index contributed by atoms with van der Waals surface area (Å²) in [6.45, 7) is 31.3. The number of benzene rings is 2. The summed E-state index contributed by atoms with van der Waals surface area (Å²) in [4.78, 5) is 0. The van der Waals surface area contributed by atoms with E-state index in [0.717, 1.165) is 11.5 Å². The Morgan fingerprint density at radius 3 is 0.882 bits per heavy atom. The second-order valence-corrected chi connectivity index (χ2v) is 14.5. The molecule has 0 aliphatic heterocycles. The SMILES string of the molecule is Cc1cc(C(C)(C)C)c(O[CH]([Al+2])Oc2c(C(C)(C)C)cc(C)cc2C(C)(C)C)c(C(C)(C)C)c1. The molecule has 0 aromatic heterocycles. The van der Waals surface area contributed by atoms with Crippen LogP contribution in [0.3, 0.4) is 0 Å². The molecule has 0 fully saturated rings. The molecule has 0 bridgehead atoms. The molecule has 0 aliphatic carbocycles. The molecular weight excluding hydrogens is 431 g/mol. The van der Waals surface area contributed by atoms with Crippen molar-refractivity contribution in [1.29, 1.82) is 0 Å². The van der Waals surface area contributed by atoms with E-state index >= 15 is 0 Å². The summed E-state index contributed by atoms with van der Waals surface area (Å²) in [7, 11) is 0. The second kappa shape index (κ2) is 9.56. The van der Waals surface area contributed by atoms with Crippen LogP contribution in [0.15, 0.2) is 24.3 Å². The molecule has 0 atom stereocenters. The van der Waals surface area contributed by atoms with Crippen LogP contribution in [0.2, 0.25) is 0 Å². The van der Waals surface area contributed by atoms with E-state index in [-0.39, 0.29) is 21.7 Å². The number of hydrogen-bond donors (Lipinski definition) is 0. The first-order valence-corrected chi connectivity index (χ1v) is 13.2. The van der Waals surface area contributed by atoms with Crippen molar-refractivity contribution in [3.63, 3.8) is 0 Å². The Hall–Kier alpha value is -1.43. The third kappa shape index (κ3) is 6.83. The maximum atomic E-state index is 6.69. The van der Waals surface area contributed by atoms with Gasteiger partial charge in [0.15, 0.2) is 0 Å². The molecule has 0 unspecified atom stereocenters. The van der Waals surface area contributed by atoms with E-state index in [2.05, 4.69) is 137 Å². The Morgan fingerprint density at radius 1 is 0.500 bits per heavy atom. The summed E-state index contributed by atoms with van der Waals surface area (Å²) >= 11 is 2.79. The molecule has 3 heteroatoms. The molecule has 2 aromatic carbocycles. The van der Waals surface area contributed by atoms with Crippen molar-refractivity contribution in [2.24, 2.45) is 0 Å². The van der Waals surface area contributed by atoms with Gasteiger partial charge >= 0.3 is 219 Å². The molecule has 0 radical (unpaired) electrons. The molecule has 2 aromatic rings. The summed E-state index contributed by atoms with van der Waals surface area (Å²) < 4.78 is 13.4.